The Hall–Kier alpha value is -3.45. The van der Waals surface area contributed by atoms with Crippen LogP contribution in [0.2, 0.25) is 0 Å². The van der Waals surface area contributed by atoms with Gasteiger partial charge in [0.2, 0.25) is 5.91 Å². The second kappa shape index (κ2) is 8.28. The third-order valence-electron chi connectivity index (χ3n) is 4.73. The molecule has 0 aliphatic carbocycles. The van der Waals surface area contributed by atoms with Gasteiger partial charge in [0.1, 0.15) is 6.54 Å². The normalized spacial score (nSPS) is 11.0. The van der Waals surface area contributed by atoms with Gasteiger partial charge in [0.15, 0.2) is 5.82 Å². The lowest BCUT2D eigenvalue weighted by Crippen LogP contribution is -2.36. The van der Waals surface area contributed by atoms with Crippen LogP contribution >= 0.6 is 11.3 Å². The Labute approximate surface area is 171 Å². The Bertz CT molecular complexity index is 1100. The number of hydrogen-bond donors (Lipinski definition) is 0. The van der Waals surface area contributed by atoms with E-state index in [4.69, 9.17) is 4.52 Å². The number of hydrogen-bond acceptors (Lipinski definition) is 5. The summed E-state index contributed by atoms with van der Waals surface area (Å²) in [5.74, 6) is -0.500. The molecule has 0 fully saturated rings. The van der Waals surface area contributed by atoms with Crippen LogP contribution in [0.25, 0.3) is 10.7 Å². The van der Waals surface area contributed by atoms with Gasteiger partial charge in [0.25, 0.3) is 0 Å². The molecule has 2 aromatic heterocycles. The maximum Gasteiger partial charge on any atom is 0.442 e. The molecule has 0 bridgehead atoms. The summed E-state index contributed by atoms with van der Waals surface area (Å²) < 4.78 is 6.10. The quantitative estimate of drug-likeness (QED) is 0.489. The molecule has 1 amide bonds. The third kappa shape index (κ3) is 3.90. The Morgan fingerprint density at radius 3 is 2.21 bits per heavy atom. The van der Waals surface area contributed by atoms with Crippen molar-refractivity contribution in [2.24, 2.45) is 0 Å². The van der Waals surface area contributed by atoms with Crippen molar-refractivity contribution in [3.8, 4) is 10.7 Å². The second-order valence-electron chi connectivity index (χ2n) is 6.56. The fourth-order valence-electron chi connectivity index (χ4n) is 3.29. The summed E-state index contributed by atoms with van der Waals surface area (Å²) >= 11 is 1.43. The van der Waals surface area contributed by atoms with Crippen molar-refractivity contribution in [1.82, 2.24) is 14.6 Å². The molecule has 2 heterocycles. The van der Waals surface area contributed by atoms with Gasteiger partial charge >= 0.3 is 5.76 Å². The zero-order valence-electron chi connectivity index (χ0n) is 15.8. The molecule has 0 saturated carbocycles. The van der Waals surface area contributed by atoms with Crippen LogP contribution < -0.4 is 5.76 Å². The van der Waals surface area contributed by atoms with Crippen molar-refractivity contribution in [3.05, 3.63) is 99.9 Å². The monoisotopic (exact) mass is 405 g/mol. The first kappa shape index (κ1) is 18.9. The first-order valence-corrected chi connectivity index (χ1v) is 9.99. The molecule has 4 aromatic rings. The summed E-state index contributed by atoms with van der Waals surface area (Å²) in [5, 5.41) is 5.73. The number of carbonyl (C=O) groups is 1. The number of nitrogens with zero attached hydrogens (tertiary/aromatic N) is 3. The molecule has 29 heavy (non-hydrogen) atoms. The molecule has 0 radical (unpaired) electrons. The van der Waals surface area contributed by atoms with Gasteiger partial charge < -0.3 is 4.90 Å². The summed E-state index contributed by atoms with van der Waals surface area (Å²) in [6, 6.07) is 23.1. The van der Waals surface area contributed by atoms with Crippen molar-refractivity contribution >= 4 is 17.2 Å². The smallest absolute Gasteiger partial charge is 0.333 e. The van der Waals surface area contributed by atoms with Gasteiger partial charge in [-0.2, -0.15) is 0 Å². The first-order chi connectivity index (χ1) is 14.1. The van der Waals surface area contributed by atoms with E-state index in [-0.39, 0.29) is 18.5 Å². The Kier molecular flexibility index (Phi) is 5.39. The number of aromatic nitrogens is 2. The molecule has 0 spiro atoms. The summed E-state index contributed by atoms with van der Waals surface area (Å²) in [6.07, 6.45) is 0. The van der Waals surface area contributed by atoms with Gasteiger partial charge in [-0.3, -0.25) is 9.32 Å². The maximum absolute atomic E-state index is 13.2. The van der Waals surface area contributed by atoms with Crippen LogP contribution in [0.3, 0.4) is 0 Å². The zero-order chi connectivity index (χ0) is 20.2. The molecular formula is C22H19N3O3S. The average molecular weight is 405 g/mol. The predicted molar refractivity (Wildman–Crippen MR) is 112 cm³/mol. The van der Waals surface area contributed by atoms with Crippen LogP contribution in [0.15, 0.2) is 87.5 Å². The number of likely N-dealkylation sites (N-methyl/N-ethyl adjacent to an activating group) is 1. The highest BCUT2D eigenvalue weighted by atomic mass is 32.1. The van der Waals surface area contributed by atoms with Gasteiger partial charge in [0, 0.05) is 7.05 Å². The van der Waals surface area contributed by atoms with E-state index in [1.165, 1.54) is 15.9 Å². The van der Waals surface area contributed by atoms with E-state index in [0.717, 1.165) is 16.0 Å². The molecular weight excluding hydrogens is 386 g/mol. The van der Waals surface area contributed by atoms with Gasteiger partial charge in [-0.25, -0.2) is 9.36 Å². The fraction of sp³-hybridized carbons (Fsp3) is 0.136. The standard InChI is InChI=1S/C22H19N3O3S/c1-24(20(16-9-4-2-5-10-16)17-11-6-3-7-12-17)19(26)15-25-21(23-28-22(25)27)18-13-8-14-29-18/h2-14,20H,15H2,1H3. The Morgan fingerprint density at radius 2 is 1.66 bits per heavy atom. The maximum atomic E-state index is 13.2. The van der Waals surface area contributed by atoms with Crippen LogP contribution in [0.1, 0.15) is 17.2 Å². The van der Waals surface area contributed by atoms with Crippen molar-refractivity contribution in [2.75, 3.05) is 7.05 Å². The summed E-state index contributed by atoms with van der Waals surface area (Å²) in [7, 11) is 1.75. The molecule has 0 saturated heterocycles. The van der Waals surface area contributed by atoms with E-state index in [2.05, 4.69) is 5.16 Å². The second-order valence-corrected chi connectivity index (χ2v) is 7.51. The molecule has 146 valence electrons. The van der Waals surface area contributed by atoms with Crippen LogP contribution in [0.4, 0.5) is 0 Å². The fourth-order valence-corrected chi connectivity index (χ4v) is 4.01. The summed E-state index contributed by atoms with van der Waals surface area (Å²) in [6.45, 7) is -0.151. The lowest BCUT2D eigenvalue weighted by Gasteiger charge is -2.29. The van der Waals surface area contributed by atoms with Crippen LogP contribution in [-0.4, -0.2) is 27.6 Å². The van der Waals surface area contributed by atoms with Gasteiger partial charge in [-0.05, 0) is 22.6 Å². The van der Waals surface area contributed by atoms with E-state index in [0.29, 0.717) is 5.82 Å². The minimum absolute atomic E-state index is 0.151. The van der Waals surface area contributed by atoms with Crippen LogP contribution in [0, 0.1) is 0 Å². The van der Waals surface area contributed by atoms with Gasteiger partial charge in [-0.15, -0.1) is 11.3 Å². The van der Waals surface area contributed by atoms with Crippen molar-refractivity contribution in [2.45, 2.75) is 12.6 Å². The molecule has 2 aromatic carbocycles. The highest BCUT2D eigenvalue weighted by Crippen LogP contribution is 2.28. The third-order valence-corrected chi connectivity index (χ3v) is 5.60. The summed E-state index contributed by atoms with van der Waals surface area (Å²) in [4.78, 5) is 27.8. The molecule has 0 atom stereocenters. The minimum atomic E-state index is -0.647. The van der Waals surface area contributed by atoms with Crippen LogP contribution in [-0.2, 0) is 11.3 Å². The van der Waals surface area contributed by atoms with E-state index in [1.54, 1.807) is 11.9 Å². The van der Waals surface area contributed by atoms with Gasteiger partial charge in [-0.1, -0.05) is 71.9 Å². The van der Waals surface area contributed by atoms with E-state index >= 15 is 0 Å². The van der Waals surface area contributed by atoms with E-state index in [1.807, 2.05) is 78.2 Å². The van der Waals surface area contributed by atoms with E-state index in [9.17, 15) is 9.59 Å². The highest BCUT2D eigenvalue weighted by Gasteiger charge is 2.25. The topological polar surface area (TPSA) is 68.3 Å². The van der Waals surface area contributed by atoms with E-state index < -0.39 is 5.76 Å². The number of benzene rings is 2. The average Bonchev–Trinajstić information content (AvgIpc) is 3.40. The largest absolute Gasteiger partial charge is 0.442 e. The van der Waals surface area contributed by atoms with Crippen molar-refractivity contribution < 1.29 is 9.32 Å². The number of thiophene rings is 1. The molecule has 0 aliphatic heterocycles. The number of rotatable bonds is 6. The minimum Gasteiger partial charge on any atom is -0.333 e. The SMILES string of the molecule is CN(C(=O)Cn1c(-c2cccs2)noc1=O)C(c1ccccc1)c1ccccc1. The Balaban J connectivity index is 1.66. The Morgan fingerprint density at radius 1 is 1.03 bits per heavy atom. The molecule has 0 aliphatic rings. The summed E-state index contributed by atoms with van der Waals surface area (Å²) in [5.41, 5.74) is 1.98. The first-order valence-electron chi connectivity index (χ1n) is 9.11. The molecule has 6 nitrogen and oxygen atoms in total. The van der Waals surface area contributed by atoms with Gasteiger partial charge in [0.05, 0.1) is 10.9 Å². The van der Waals surface area contributed by atoms with Crippen molar-refractivity contribution in [1.29, 1.82) is 0 Å². The van der Waals surface area contributed by atoms with Crippen molar-refractivity contribution in [3.63, 3.8) is 0 Å². The molecule has 7 heteroatoms. The van der Waals surface area contributed by atoms with Crippen LogP contribution in [0.5, 0.6) is 0 Å². The lowest BCUT2D eigenvalue weighted by molar-refractivity contribution is -0.132. The molecule has 4 rings (SSSR count). The highest BCUT2D eigenvalue weighted by molar-refractivity contribution is 7.13. The predicted octanol–water partition coefficient (Wildman–Crippen LogP) is 3.81. The molecule has 0 N–H and O–H groups in total. The molecule has 0 unspecified atom stereocenters. The number of carbonyl (C=O) groups excluding carboxylic acids is 1. The zero-order valence-corrected chi connectivity index (χ0v) is 16.6. The lowest BCUT2D eigenvalue weighted by atomic mass is 9.97. The number of amides is 1.